The Labute approximate surface area is 205 Å². The number of carboxylic acids is 1. The predicted molar refractivity (Wildman–Crippen MR) is 133 cm³/mol. The lowest BCUT2D eigenvalue weighted by atomic mass is 10.1. The van der Waals surface area contributed by atoms with Gasteiger partial charge in [-0.05, 0) is 43.0 Å². The van der Waals surface area contributed by atoms with Crippen molar-refractivity contribution >= 4 is 41.1 Å². The van der Waals surface area contributed by atoms with Crippen LogP contribution in [-0.4, -0.2) is 57.1 Å². The van der Waals surface area contributed by atoms with E-state index in [2.05, 4.69) is 25.9 Å². The fourth-order valence-corrected chi connectivity index (χ4v) is 3.86. The topological polar surface area (TPSA) is 154 Å². The molecule has 35 heavy (non-hydrogen) atoms. The minimum atomic E-state index is -1.33. The number of benzene rings is 1. The lowest BCUT2D eigenvalue weighted by Crippen LogP contribution is -2.48. The lowest BCUT2D eigenvalue weighted by molar-refractivity contribution is -0.139. The molecule has 0 radical (unpaired) electrons. The van der Waals surface area contributed by atoms with Gasteiger partial charge in [0, 0.05) is 13.1 Å². The van der Waals surface area contributed by atoms with Crippen LogP contribution in [0.5, 0.6) is 5.75 Å². The molecule has 1 aromatic carbocycles. The summed E-state index contributed by atoms with van der Waals surface area (Å²) in [6, 6.07) is 8.83. The summed E-state index contributed by atoms with van der Waals surface area (Å²) in [6.07, 6.45) is 3.67. The molecule has 0 aliphatic rings. The Bertz CT molecular complexity index is 1220. The van der Waals surface area contributed by atoms with Gasteiger partial charge in [0.25, 0.3) is 11.8 Å². The van der Waals surface area contributed by atoms with Crippen molar-refractivity contribution in [3.63, 3.8) is 0 Å². The number of aliphatic carboxylic acids is 1. The van der Waals surface area contributed by atoms with Gasteiger partial charge in [-0.3, -0.25) is 9.59 Å². The molecule has 10 nitrogen and oxygen atoms in total. The smallest absolute Gasteiger partial charge is 0.328 e. The molecule has 0 unspecified atom stereocenters. The predicted octanol–water partition coefficient (Wildman–Crippen LogP) is 2.60. The molecule has 182 valence electrons. The first-order chi connectivity index (χ1) is 16.7. The van der Waals surface area contributed by atoms with Crippen LogP contribution in [0.25, 0.3) is 6.08 Å². The number of nitrogens with one attached hydrogen (secondary N) is 3. The van der Waals surface area contributed by atoms with Gasteiger partial charge in [-0.2, -0.15) is 0 Å². The van der Waals surface area contributed by atoms with Gasteiger partial charge < -0.3 is 26.2 Å². The third kappa shape index (κ3) is 7.11. The van der Waals surface area contributed by atoms with Crippen LogP contribution < -0.4 is 16.0 Å². The third-order valence-corrected chi connectivity index (χ3v) is 5.74. The average Bonchev–Trinajstić information content (AvgIpc) is 3.34. The van der Waals surface area contributed by atoms with Crippen LogP contribution in [0.2, 0.25) is 0 Å². The fourth-order valence-electron chi connectivity index (χ4n) is 3.22. The maximum Gasteiger partial charge on any atom is 0.328 e. The highest BCUT2D eigenvalue weighted by Crippen LogP contribution is 2.14. The monoisotopic (exact) mass is 495 g/mol. The molecule has 3 aromatic rings. The number of hydrogen-bond acceptors (Lipinski definition) is 8. The molecular formula is C24H25N5O5S. The number of carbonyl (C=O) groups is 3. The van der Waals surface area contributed by atoms with E-state index in [4.69, 9.17) is 0 Å². The van der Waals surface area contributed by atoms with Crippen LogP contribution in [0, 0.1) is 13.8 Å². The van der Waals surface area contributed by atoms with E-state index in [1.165, 1.54) is 11.3 Å². The molecule has 0 saturated heterocycles. The molecule has 2 amide bonds. The highest BCUT2D eigenvalue weighted by molar-refractivity contribution is 7.12. The summed E-state index contributed by atoms with van der Waals surface area (Å²) in [4.78, 5) is 45.6. The quantitative estimate of drug-likeness (QED) is 0.288. The Hall–Kier alpha value is -4.25. The zero-order valence-corrected chi connectivity index (χ0v) is 19.9. The van der Waals surface area contributed by atoms with Gasteiger partial charge in [-0.15, -0.1) is 11.3 Å². The maximum atomic E-state index is 12.8. The third-order valence-electron chi connectivity index (χ3n) is 4.87. The largest absolute Gasteiger partial charge is 0.508 e. The molecule has 0 aliphatic carbocycles. The van der Waals surface area contributed by atoms with E-state index < -0.39 is 23.8 Å². The average molecular weight is 496 g/mol. The van der Waals surface area contributed by atoms with Crippen molar-refractivity contribution in [1.82, 2.24) is 20.6 Å². The highest BCUT2D eigenvalue weighted by atomic mass is 32.1. The van der Waals surface area contributed by atoms with E-state index in [0.29, 0.717) is 28.8 Å². The van der Waals surface area contributed by atoms with E-state index >= 15 is 0 Å². The van der Waals surface area contributed by atoms with Crippen molar-refractivity contribution in [2.45, 2.75) is 19.9 Å². The first kappa shape index (κ1) is 25.4. The number of aromatic nitrogens is 2. The minimum absolute atomic E-state index is 0.168. The van der Waals surface area contributed by atoms with Gasteiger partial charge in [0.05, 0.1) is 21.8 Å². The van der Waals surface area contributed by atoms with Crippen LogP contribution in [0.1, 0.15) is 37.0 Å². The molecule has 3 rings (SSSR count). The van der Waals surface area contributed by atoms with Gasteiger partial charge in [-0.25, -0.2) is 14.8 Å². The second-order valence-electron chi connectivity index (χ2n) is 7.52. The van der Waals surface area contributed by atoms with Gasteiger partial charge in [0.15, 0.2) is 0 Å². The lowest BCUT2D eigenvalue weighted by Gasteiger charge is -2.17. The van der Waals surface area contributed by atoms with Crippen molar-refractivity contribution in [3.05, 3.63) is 75.2 Å². The molecule has 0 fully saturated rings. The fraction of sp³-hybridized carbons (Fsp3) is 0.208. The van der Waals surface area contributed by atoms with E-state index in [1.807, 2.05) is 18.2 Å². The summed E-state index contributed by atoms with van der Waals surface area (Å²) in [5.41, 5.74) is 1.76. The minimum Gasteiger partial charge on any atom is -0.508 e. The second kappa shape index (κ2) is 11.7. The number of hydrogen-bond donors (Lipinski definition) is 5. The Kier molecular flexibility index (Phi) is 8.52. The van der Waals surface area contributed by atoms with Crippen LogP contribution >= 0.6 is 11.3 Å². The zero-order valence-electron chi connectivity index (χ0n) is 19.1. The second-order valence-corrected chi connectivity index (χ2v) is 8.47. The number of aromatic hydroxyl groups is 1. The normalized spacial score (nSPS) is 11.7. The van der Waals surface area contributed by atoms with Gasteiger partial charge in [-0.1, -0.05) is 30.4 Å². The standard InChI is InChI=1S/C24H25N5O5S/c1-14-20(22(32)29-18(23(33)34)13-26-21(31)19-9-5-11-35-19)15(2)28-24(27-14)25-10-4-7-16-6-3-8-17(30)12-16/h3-9,11-12,18,30H,10,13H2,1-2H3,(H,26,31)(H,29,32)(H,33,34)(H,25,27,28)/b7-4+/t18-/m0/s1. The summed E-state index contributed by atoms with van der Waals surface area (Å²) >= 11 is 1.23. The number of phenols is 1. The van der Waals surface area contributed by atoms with Crippen LogP contribution in [-0.2, 0) is 4.79 Å². The van der Waals surface area contributed by atoms with E-state index in [1.54, 1.807) is 49.6 Å². The molecule has 2 heterocycles. The molecular weight excluding hydrogens is 470 g/mol. The molecule has 0 spiro atoms. The van der Waals surface area contributed by atoms with Crippen molar-refractivity contribution in [2.75, 3.05) is 18.4 Å². The van der Waals surface area contributed by atoms with Crippen LogP contribution in [0.15, 0.2) is 47.9 Å². The van der Waals surface area contributed by atoms with Crippen LogP contribution in [0.4, 0.5) is 5.95 Å². The number of aryl methyl sites for hydroxylation is 2. The Morgan fingerprint density at radius 3 is 2.46 bits per heavy atom. The SMILES string of the molecule is Cc1nc(NC/C=C/c2cccc(O)c2)nc(C)c1C(=O)N[C@@H](CNC(=O)c1cccs1)C(=O)O. The Balaban J connectivity index is 1.61. The summed E-state index contributed by atoms with van der Waals surface area (Å²) in [5, 5.41) is 28.7. The Morgan fingerprint density at radius 2 is 1.83 bits per heavy atom. The van der Waals surface area contributed by atoms with Crippen molar-refractivity contribution in [3.8, 4) is 5.75 Å². The highest BCUT2D eigenvalue weighted by Gasteiger charge is 2.24. The number of anilines is 1. The van der Waals surface area contributed by atoms with Crippen molar-refractivity contribution in [2.24, 2.45) is 0 Å². The molecule has 5 N–H and O–H groups in total. The van der Waals surface area contributed by atoms with Crippen molar-refractivity contribution in [1.29, 1.82) is 0 Å². The van der Waals surface area contributed by atoms with Gasteiger partial charge in [0.2, 0.25) is 5.95 Å². The number of carbonyl (C=O) groups excluding carboxylic acids is 2. The van der Waals surface area contributed by atoms with Gasteiger partial charge >= 0.3 is 5.97 Å². The molecule has 0 saturated carbocycles. The van der Waals surface area contributed by atoms with Crippen molar-refractivity contribution < 1.29 is 24.6 Å². The summed E-state index contributed by atoms with van der Waals surface area (Å²) < 4.78 is 0. The summed E-state index contributed by atoms with van der Waals surface area (Å²) in [7, 11) is 0. The zero-order chi connectivity index (χ0) is 25.4. The Morgan fingerprint density at radius 1 is 1.09 bits per heavy atom. The van der Waals surface area contributed by atoms with E-state index in [-0.39, 0.29) is 17.9 Å². The molecule has 2 aromatic heterocycles. The maximum absolute atomic E-state index is 12.8. The molecule has 11 heteroatoms. The number of carboxylic acid groups (broad SMARTS) is 1. The number of nitrogens with zero attached hydrogens (tertiary/aromatic N) is 2. The number of rotatable bonds is 10. The number of phenolic OH excluding ortho intramolecular Hbond substituents is 1. The van der Waals surface area contributed by atoms with E-state index in [9.17, 15) is 24.6 Å². The van der Waals surface area contributed by atoms with Crippen LogP contribution in [0.3, 0.4) is 0 Å². The molecule has 1 atom stereocenters. The summed E-state index contributed by atoms with van der Waals surface area (Å²) in [5.74, 6) is -1.84. The number of amides is 2. The first-order valence-electron chi connectivity index (χ1n) is 10.6. The first-order valence-corrected chi connectivity index (χ1v) is 11.5. The summed E-state index contributed by atoms with van der Waals surface area (Å²) in [6.45, 7) is 3.39. The molecule has 0 bridgehead atoms. The number of thiophene rings is 1. The van der Waals surface area contributed by atoms with Gasteiger partial charge in [0.1, 0.15) is 11.8 Å². The van der Waals surface area contributed by atoms with E-state index in [0.717, 1.165) is 5.56 Å². The molecule has 0 aliphatic heterocycles.